The van der Waals surface area contributed by atoms with Crippen LogP contribution in [0.4, 0.5) is 5.13 Å². The molecule has 1 aromatic carbocycles. The molecule has 1 fully saturated rings. The molecule has 0 bridgehead atoms. The number of nitrogens with zero attached hydrogens (tertiary/aromatic N) is 2. The lowest BCUT2D eigenvalue weighted by molar-refractivity contribution is -0.160. The van der Waals surface area contributed by atoms with Gasteiger partial charge in [0.25, 0.3) is 0 Å². The van der Waals surface area contributed by atoms with Gasteiger partial charge in [-0.05, 0) is 34.7 Å². The van der Waals surface area contributed by atoms with Crippen LogP contribution in [0.3, 0.4) is 0 Å². The van der Waals surface area contributed by atoms with Gasteiger partial charge in [-0.25, -0.2) is 9.78 Å². The van der Waals surface area contributed by atoms with E-state index in [1.54, 1.807) is 5.38 Å². The summed E-state index contributed by atoms with van der Waals surface area (Å²) < 4.78 is 6.04. The second-order valence-corrected chi connectivity index (χ2v) is 10.8. The quantitative estimate of drug-likeness (QED) is 0.240. The molecule has 2 atom stereocenters. The zero-order valence-corrected chi connectivity index (χ0v) is 19.8. The van der Waals surface area contributed by atoms with Gasteiger partial charge in [0.15, 0.2) is 5.13 Å². The molecule has 0 spiro atoms. The number of β-lactam (4-membered cyclic amide) rings is 1. The highest BCUT2D eigenvalue weighted by Crippen LogP contribution is 2.48. The highest BCUT2D eigenvalue weighted by molar-refractivity contribution is 14.1. The van der Waals surface area contributed by atoms with E-state index in [1.807, 2.05) is 24.3 Å². The second-order valence-electron chi connectivity index (χ2n) is 6.34. The maximum atomic E-state index is 13.0. The summed E-state index contributed by atoms with van der Waals surface area (Å²) in [5.41, 5.74) is 12.4. The molecule has 4 N–H and O–H groups in total. The third kappa shape index (κ3) is 4.37. The van der Waals surface area contributed by atoms with Gasteiger partial charge in [0.1, 0.15) is 5.70 Å². The molecule has 30 heavy (non-hydrogen) atoms. The maximum Gasteiger partial charge on any atom is 0.363 e. The Morgan fingerprint density at radius 3 is 2.80 bits per heavy atom. The number of benzene rings is 1. The summed E-state index contributed by atoms with van der Waals surface area (Å²) in [6.07, 6.45) is 0.103. The zero-order chi connectivity index (χ0) is 21.4. The topological polar surface area (TPSA) is 129 Å². The molecule has 1 amide bonds. The van der Waals surface area contributed by atoms with E-state index in [9.17, 15) is 14.4 Å². The Morgan fingerprint density at radius 2 is 2.13 bits per heavy atom. The molecule has 2 aliphatic heterocycles. The number of ether oxygens (including phenoxy) is 1. The van der Waals surface area contributed by atoms with Crippen LogP contribution in [-0.2, 0) is 25.5 Å². The molecule has 12 heteroatoms. The van der Waals surface area contributed by atoms with E-state index in [-0.39, 0.29) is 23.4 Å². The highest BCUT2D eigenvalue weighted by atomic mass is 127. The molecule has 2 aliphatic rings. The van der Waals surface area contributed by atoms with Gasteiger partial charge < -0.3 is 16.2 Å². The van der Waals surface area contributed by atoms with Crippen LogP contribution in [0, 0.1) is 3.57 Å². The number of aromatic nitrogens is 1. The van der Waals surface area contributed by atoms with E-state index in [2.05, 4.69) is 27.6 Å². The predicted molar refractivity (Wildman–Crippen MR) is 124 cm³/mol. The largest absolute Gasteiger partial charge is 0.388 e. The van der Waals surface area contributed by atoms with Gasteiger partial charge >= 0.3 is 11.9 Å². The lowest BCUT2D eigenvalue weighted by atomic mass is 10.1. The van der Waals surface area contributed by atoms with Crippen LogP contribution in [-0.4, -0.2) is 38.5 Å². The fourth-order valence-electron chi connectivity index (χ4n) is 2.94. The lowest BCUT2D eigenvalue weighted by Crippen LogP contribution is -2.56. The third-order valence-corrected chi connectivity index (χ3v) is 8.94. The molecular formula is C18H15IN4O4S3. The first-order valence-electron chi connectivity index (χ1n) is 8.68. The number of esters is 2. The number of hydrogen-bond acceptors (Lipinski definition) is 10. The number of amides is 1. The van der Waals surface area contributed by atoms with Crippen molar-refractivity contribution in [3.63, 3.8) is 0 Å². The molecule has 4 rings (SSSR count). The van der Waals surface area contributed by atoms with Crippen LogP contribution in [0.2, 0.25) is 0 Å². The Kier molecular flexibility index (Phi) is 6.39. The van der Waals surface area contributed by atoms with Gasteiger partial charge in [-0.1, -0.05) is 23.9 Å². The minimum atomic E-state index is -0.884. The maximum absolute atomic E-state index is 13.0. The lowest BCUT2D eigenvalue weighted by Gasteiger charge is -2.45. The van der Waals surface area contributed by atoms with Crippen LogP contribution in [0.5, 0.6) is 0 Å². The molecule has 0 aliphatic carbocycles. The van der Waals surface area contributed by atoms with Crippen LogP contribution in [0.15, 0.2) is 45.1 Å². The Balaban J connectivity index is 1.62. The van der Waals surface area contributed by atoms with Crippen molar-refractivity contribution < 1.29 is 19.1 Å². The number of thiazole rings is 1. The normalized spacial score (nSPS) is 20.6. The van der Waals surface area contributed by atoms with Crippen molar-refractivity contribution in [1.82, 2.24) is 9.88 Å². The molecular weight excluding hydrogens is 559 g/mol. The number of rotatable bonds is 5. The van der Waals surface area contributed by atoms with Gasteiger partial charge in [-0.15, -0.1) is 23.1 Å². The number of hydrogen-bond donors (Lipinski definition) is 2. The molecule has 1 saturated heterocycles. The molecule has 1 aromatic heterocycles. The molecule has 156 valence electrons. The number of carbonyl (C=O) groups excluding carboxylic acids is 3. The molecule has 2 aromatic rings. The summed E-state index contributed by atoms with van der Waals surface area (Å²) in [5.74, 6) is -1.86. The van der Waals surface area contributed by atoms with Crippen LogP contribution >= 0.6 is 57.5 Å². The van der Waals surface area contributed by atoms with E-state index >= 15 is 0 Å². The summed E-state index contributed by atoms with van der Waals surface area (Å²) in [4.78, 5) is 44.2. The number of anilines is 1. The van der Waals surface area contributed by atoms with Gasteiger partial charge in [-0.3, -0.25) is 14.5 Å². The Bertz CT molecular complexity index is 1070. The molecule has 3 heterocycles. The number of nitrogen functional groups attached to an aromatic ring is 1. The Hall–Kier alpha value is -1.61. The number of fused-ring (bicyclic) bond motifs is 1. The molecule has 1 unspecified atom stereocenters. The van der Waals surface area contributed by atoms with Crippen LogP contribution in [0.1, 0.15) is 12.1 Å². The first-order valence-corrected chi connectivity index (χ1v) is 12.4. The van der Waals surface area contributed by atoms with Gasteiger partial charge in [0, 0.05) is 18.8 Å². The van der Waals surface area contributed by atoms with Crippen molar-refractivity contribution in [3.8, 4) is 0 Å². The van der Waals surface area contributed by atoms with E-state index < -0.39 is 17.3 Å². The van der Waals surface area contributed by atoms with Crippen molar-refractivity contribution in [3.05, 3.63) is 49.5 Å². The summed E-state index contributed by atoms with van der Waals surface area (Å²) in [6, 6.07) is 7.63. The number of nitrogens with two attached hydrogens (primary N) is 2. The summed E-state index contributed by atoms with van der Waals surface area (Å²) >= 11 is 6.10. The van der Waals surface area contributed by atoms with E-state index in [0.29, 0.717) is 22.2 Å². The summed E-state index contributed by atoms with van der Waals surface area (Å²) in [5, 5.41) is 1.20. The van der Waals surface area contributed by atoms with Crippen molar-refractivity contribution in [2.75, 3.05) is 5.73 Å². The van der Waals surface area contributed by atoms with Crippen molar-refractivity contribution in [2.24, 2.45) is 5.73 Å². The molecule has 0 saturated carbocycles. The van der Waals surface area contributed by atoms with Crippen LogP contribution < -0.4 is 11.5 Å². The first-order chi connectivity index (χ1) is 14.3. The van der Waals surface area contributed by atoms with Crippen molar-refractivity contribution in [1.29, 1.82) is 0 Å². The monoisotopic (exact) mass is 574 g/mol. The van der Waals surface area contributed by atoms with Crippen molar-refractivity contribution in [2.45, 2.75) is 28.5 Å². The fraction of sp³-hybridized carbons (Fsp3) is 0.222. The molecule has 8 nitrogen and oxygen atoms in total. The average molecular weight is 574 g/mol. The number of halogens is 1. The number of thioether (sulfide) groups is 2. The van der Waals surface area contributed by atoms with Gasteiger partial charge in [-0.2, -0.15) is 0 Å². The smallest absolute Gasteiger partial charge is 0.363 e. The zero-order valence-electron chi connectivity index (χ0n) is 15.2. The van der Waals surface area contributed by atoms with Crippen molar-refractivity contribution >= 4 is 80.4 Å². The minimum Gasteiger partial charge on any atom is -0.388 e. The van der Waals surface area contributed by atoms with Gasteiger partial charge in [0.05, 0.1) is 29.3 Å². The van der Waals surface area contributed by atoms with Crippen LogP contribution in [0.25, 0.3) is 0 Å². The Labute approximate surface area is 197 Å². The predicted octanol–water partition coefficient (Wildman–Crippen LogP) is 2.54. The first kappa shape index (κ1) is 21.6. The second kappa shape index (κ2) is 8.86. The minimum absolute atomic E-state index is 0.0401. The Morgan fingerprint density at radius 1 is 1.37 bits per heavy atom. The third-order valence-electron chi connectivity index (χ3n) is 4.29. The average Bonchev–Trinajstić information content (AvgIpc) is 3.09. The SMILES string of the molecule is Nc1nc(CC(=O)OC(=O)C2=C(Sc3ccccc3I)C(N)S[C@@H]3CC(=O)N23)cs1. The van der Waals surface area contributed by atoms with E-state index in [0.717, 1.165) is 8.47 Å². The summed E-state index contributed by atoms with van der Waals surface area (Å²) in [6.45, 7) is 0. The standard InChI is InChI=1S/C18H15IN4O4S3/c19-9-3-1-2-4-10(9)29-15-14(23-11(24)6-12(23)30-16(15)20)17(26)27-13(25)5-8-7-28-18(21)22-8/h1-4,7,12,16H,5-6,20H2,(H2,21,22)/t12-,16?/m1/s1. The summed E-state index contributed by atoms with van der Waals surface area (Å²) in [7, 11) is 0. The fourth-order valence-corrected chi connectivity index (χ4v) is 6.63. The van der Waals surface area contributed by atoms with Gasteiger partial charge in [0.2, 0.25) is 5.91 Å². The highest BCUT2D eigenvalue weighted by Gasteiger charge is 2.49. The van der Waals surface area contributed by atoms with E-state index in [4.69, 9.17) is 16.2 Å². The number of carbonyl (C=O) groups is 3. The van der Waals surface area contributed by atoms with E-state index in [1.165, 1.54) is 39.8 Å². The molecule has 0 radical (unpaired) electrons.